The number of rotatable bonds is 8. The van der Waals surface area contributed by atoms with Crippen LogP contribution < -0.4 is 10.1 Å². The largest absolute Gasteiger partial charge is 0.491 e. The minimum absolute atomic E-state index is 0.0501. The number of hydrogen-bond acceptors (Lipinski definition) is 5. The third-order valence-electron chi connectivity index (χ3n) is 4.20. The van der Waals surface area contributed by atoms with Crippen molar-refractivity contribution in [2.75, 3.05) is 31.8 Å². The number of hydrogen-bond donors (Lipinski definition) is 1. The van der Waals surface area contributed by atoms with Crippen molar-refractivity contribution in [3.05, 3.63) is 65.2 Å². The fraction of sp³-hybridized carbons (Fsp3) is 0.381. The number of benzene rings is 2. The van der Waals surface area contributed by atoms with Crippen LogP contribution in [0, 0.1) is 0 Å². The molecule has 2 aromatic carbocycles. The fourth-order valence-electron chi connectivity index (χ4n) is 2.70. The van der Waals surface area contributed by atoms with Crippen molar-refractivity contribution in [3.63, 3.8) is 0 Å². The van der Waals surface area contributed by atoms with Crippen LogP contribution >= 0.6 is 23.5 Å². The summed E-state index contributed by atoms with van der Waals surface area (Å²) in [7, 11) is 1.65. The van der Waals surface area contributed by atoms with Gasteiger partial charge in [-0.3, -0.25) is 4.79 Å². The molecule has 1 aliphatic rings. The van der Waals surface area contributed by atoms with Gasteiger partial charge in [0.05, 0.1) is 11.2 Å². The van der Waals surface area contributed by atoms with Crippen LogP contribution in [-0.2, 0) is 11.3 Å². The Labute approximate surface area is 169 Å². The molecule has 1 heterocycles. The Hall–Kier alpha value is -1.63. The van der Waals surface area contributed by atoms with Crippen LogP contribution in [0.1, 0.15) is 32.5 Å². The van der Waals surface area contributed by atoms with Crippen LogP contribution in [-0.4, -0.2) is 37.7 Å². The van der Waals surface area contributed by atoms with Gasteiger partial charge in [0, 0.05) is 19.2 Å². The number of carbonyl (C=O) groups excluding carboxylic acids is 1. The summed E-state index contributed by atoms with van der Waals surface area (Å²) in [4.78, 5) is 12.4. The van der Waals surface area contributed by atoms with E-state index in [2.05, 4.69) is 17.4 Å². The van der Waals surface area contributed by atoms with Crippen LogP contribution in [0.5, 0.6) is 5.75 Å². The molecule has 1 aliphatic heterocycles. The van der Waals surface area contributed by atoms with Crippen molar-refractivity contribution < 1.29 is 14.3 Å². The number of methoxy groups -OCH3 is 1. The van der Waals surface area contributed by atoms with Crippen molar-refractivity contribution in [1.82, 2.24) is 5.32 Å². The fourth-order valence-corrected chi connectivity index (χ4v) is 5.60. The van der Waals surface area contributed by atoms with Crippen molar-refractivity contribution in [1.29, 1.82) is 0 Å². The van der Waals surface area contributed by atoms with E-state index in [1.165, 1.54) is 23.5 Å². The molecule has 3 rings (SSSR count). The topological polar surface area (TPSA) is 47.6 Å². The van der Waals surface area contributed by atoms with Gasteiger partial charge in [0.25, 0.3) is 5.91 Å². The van der Waals surface area contributed by atoms with Gasteiger partial charge in [-0.1, -0.05) is 24.3 Å². The molecule has 144 valence electrons. The Balaban J connectivity index is 1.48. The van der Waals surface area contributed by atoms with Gasteiger partial charge in [-0.2, -0.15) is 0 Å². The van der Waals surface area contributed by atoms with Crippen molar-refractivity contribution in [3.8, 4) is 5.75 Å². The molecule has 0 spiro atoms. The lowest BCUT2D eigenvalue weighted by Crippen LogP contribution is -2.22. The van der Waals surface area contributed by atoms with Crippen molar-refractivity contribution in [2.24, 2.45) is 0 Å². The molecule has 0 aliphatic carbocycles. The summed E-state index contributed by atoms with van der Waals surface area (Å²) in [5.74, 6) is 3.19. The highest BCUT2D eigenvalue weighted by atomic mass is 32.2. The number of ether oxygens (including phenoxy) is 2. The molecule has 0 unspecified atom stereocenters. The zero-order chi connectivity index (χ0) is 18.9. The van der Waals surface area contributed by atoms with E-state index in [-0.39, 0.29) is 5.91 Å². The minimum atomic E-state index is -0.0501. The summed E-state index contributed by atoms with van der Waals surface area (Å²) in [5, 5.41) is 2.98. The van der Waals surface area contributed by atoms with E-state index in [4.69, 9.17) is 9.47 Å². The first-order chi connectivity index (χ1) is 13.3. The lowest BCUT2D eigenvalue weighted by atomic mass is 10.1. The van der Waals surface area contributed by atoms with E-state index in [1.54, 1.807) is 7.11 Å². The molecular weight excluding hydrogens is 378 g/mol. The third-order valence-corrected chi connectivity index (χ3v) is 7.22. The molecule has 1 N–H and O–H groups in total. The molecule has 1 amide bonds. The Kier molecular flexibility index (Phi) is 7.93. The van der Waals surface area contributed by atoms with Gasteiger partial charge in [-0.25, -0.2) is 0 Å². The summed E-state index contributed by atoms with van der Waals surface area (Å²) in [6.07, 6.45) is 1.28. The highest BCUT2D eigenvalue weighted by Crippen LogP contribution is 2.43. The second-order valence-corrected chi connectivity index (χ2v) is 8.94. The standard InChI is InChI=1S/C21H25NO3S2/c1-24-11-12-25-19-9-3-16(4-10-19)15-22-20(23)17-5-7-18(8-6-17)21-26-13-2-14-27-21/h3-10,21H,2,11-15H2,1H3,(H,22,23). The van der Waals surface area contributed by atoms with Gasteiger partial charge in [0.2, 0.25) is 0 Å². The number of carbonyl (C=O) groups is 1. The summed E-state index contributed by atoms with van der Waals surface area (Å²) in [6, 6.07) is 15.7. The number of nitrogens with one attached hydrogen (secondary N) is 1. The van der Waals surface area contributed by atoms with Gasteiger partial charge < -0.3 is 14.8 Å². The average molecular weight is 404 g/mol. The molecule has 6 heteroatoms. The van der Waals surface area contributed by atoms with Crippen LogP contribution in [0.25, 0.3) is 0 Å². The van der Waals surface area contributed by atoms with Gasteiger partial charge in [0.1, 0.15) is 12.4 Å². The summed E-state index contributed by atoms with van der Waals surface area (Å²) in [6.45, 7) is 1.59. The molecule has 1 fully saturated rings. The van der Waals surface area contributed by atoms with Crippen molar-refractivity contribution >= 4 is 29.4 Å². The third kappa shape index (κ3) is 6.19. The second-order valence-electron chi connectivity index (χ2n) is 6.22. The Morgan fingerprint density at radius 2 is 1.74 bits per heavy atom. The van der Waals surface area contributed by atoms with Gasteiger partial charge in [-0.15, -0.1) is 23.5 Å². The maximum Gasteiger partial charge on any atom is 0.251 e. The lowest BCUT2D eigenvalue weighted by molar-refractivity contribution is 0.0951. The van der Waals surface area contributed by atoms with E-state index in [0.717, 1.165) is 11.3 Å². The van der Waals surface area contributed by atoms with E-state index in [0.29, 0.717) is 29.9 Å². The zero-order valence-electron chi connectivity index (χ0n) is 15.5. The van der Waals surface area contributed by atoms with Crippen LogP contribution in [0.3, 0.4) is 0 Å². The number of thioether (sulfide) groups is 2. The van der Waals surface area contributed by atoms with E-state index < -0.39 is 0 Å². The molecule has 0 saturated carbocycles. The normalized spacial score (nSPS) is 14.7. The van der Waals surface area contributed by atoms with Gasteiger partial charge in [0.15, 0.2) is 0 Å². The Morgan fingerprint density at radius 1 is 1.04 bits per heavy atom. The average Bonchev–Trinajstić information content (AvgIpc) is 2.74. The molecule has 2 aromatic rings. The number of amides is 1. The summed E-state index contributed by atoms with van der Waals surface area (Å²) >= 11 is 3.98. The smallest absolute Gasteiger partial charge is 0.251 e. The molecule has 0 bridgehead atoms. The predicted octanol–water partition coefficient (Wildman–Crippen LogP) is 4.51. The predicted molar refractivity (Wildman–Crippen MR) is 114 cm³/mol. The van der Waals surface area contributed by atoms with Crippen LogP contribution in [0.15, 0.2) is 48.5 Å². The molecule has 0 atom stereocenters. The van der Waals surface area contributed by atoms with E-state index >= 15 is 0 Å². The molecule has 0 aromatic heterocycles. The lowest BCUT2D eigenvalue weighted by Gasteiger charge is -2.21. The SMILES string of the molecule is COCCOc1ccc(CNC(=O)c2ccc(C3SCCCS3)cc2)cc1. The Morgan fingerprint density at radius 3 is 2.41 bits per heavy atom. The monoisotopic (exact) mass is 403 g/mol. The second kappa shape index (κ2) is 10.6. The highest BCUT2D eigenvalue weighted by molar-refractivity contribution is 8.16. The van der Waals surface area contributed by atoms with Crippen LogP contribution in [0.2, 0.25) is 0 Å². The van der Waals surface area contributed by atoms with Gasteiger partial charge >= 0.3 is 0 Å². The highest BCUT2D eigenvalue weighted by Gasteiger charge is 2.16. The molecule has 27 heavy (non-hydrogen) atoms. The maximum atomic E-state index is 12.4. The maximum absolute atomic E-state index is 12.4. The van der Waals surface area contributed by atoms with Gasteiger partial charge in [-0.05, 0) is 53.3 Å². The Bertz CT molecular complexity index is 713. The van der Waals surface area contributed by atoms with E-state index in [9.17, 15) is 4.79 Å². The first kappa shape index (κ1) is 20.1. The first-order valence-corrected chi connectivity index (χ1v) is 11.2. The van der Waals surface area contributed by atoms with E-state index in [1.807, 2.05) is 59.9 Å². The van der Waals surface area contributed by atoms with Crippen molar-refractivity contribution in [2.45, 2.75) is 17.5 Å². The summed E-state index contributed by atoms with van der Waals surface area (Å²) in [5.41, 5.74) is 3.03. The quantitative estimate of drug-likeness (QED) is 0.657. The minimum Gasteiger partial charge on any atom is -0.491 e. The molecule has 4 nitrogen and oxygen atoms in total. The summed E-state index contributed by atoms with van der Waals surface area (Å²) < 4.78 is 11.0. The first-order valence-electron chi connectivity index (χ1n) is 9.08. The van der Waals surface area contributed by atoms with Crippen LogP contribution in [0.4, 0.5) is 0 Å². The molecule has 0 radical (unpaired) electrons. The molecule has 1 saturated heterocycles. The molecular formula is C21H25NO3S2. The zero-order valence-corrected chi connectivity index (χ0v) is 17.1.